The van der Waals surface area contributed by atoms with E-state index < -0.39 is 0 Å². The minimum Gasteiger partial charge on any atom is -0.340 e. The van der Waals surface area contributed by atoms with Crippen molar-refractivity contribution >= 4 is 11.9 Å². The van der Waals surface area contributed by atoms with E-state index in [4.69, 9.17) is 0 Å². The molecule has 7 heteroatoms. The van der Waals surface area contributed by atoms with E-state index >= 15 is 0 Å². The fourth-order valence-corrected chi connectivity index (χ4v) is 3.99. The van der Waals surface area contributed by atoms with E-state index in [1.807, 2.05) is 23.0 Å². The van der Waals surface area contributed by atoms with Gasteiger partial charge in [0.15, 0.2) is 0 Å². The third-order valence-corrected chi connectivity index (χ3v) is 5.22. The summed E-state index contributed by atoms with van der Waals surface area (Å²) in [6.07, 6.45) is 11.4. The molecule has 25 heavy (non-hydrogen) atoms. The Balaban J connectivity index is 1.42. The van der Waals surface area contributed by atoms with Crippen molar-refractivity contribution in [3.8, 4) is 0 Å². The van der Waals surface area contributed by atoms with Crippen LogP contribution in [0.5, 0.6) is 0 Å². The predicted octanol–water partition coefficient (Wildman–Crippen LogP) is 1.58. The monoisotopic (exact) mass is 340 g/mol. The van der Waals surface area contributed by atoms with Gasteiger partial charge >= 0.3 is 0 Å². The zero-order valence-electron chi connectivity index (χ0n) is 14.4. The van der Waals surface area contributed by atoms with E-state index in [2.05, 4.69) is 24.9 Å². The van der Waals surface area contributed by atoms with Gasteiger partial charge in [-0.3, -0.25) is 9.48 Å². The zero-order valence-corrected chi connectivity index (χ0v) is 14.4. The van der Waals surface area contributed by atoms with Crippen molar-refractivity contribution in [2.24, 2.45) is 5.92 Å². The van der Waals surface area contributed by atoms with Gasteiger partial charge in [0.1, 0.15) is 0 Å². The number of likely N-dealkylation sites (tertiary alicyclic amines) is 1. The van der Waals surface area contributed by atoms with Crippen LogP contribution >= 0.6 is 0 Å². The van der Waals surface area contributed by atoms with E-state index in [1.165, 1.54) is 0 Å². The summed E-state index contributed by atoms with van der Waals surface area (Å²) in [6, 6.07) is 4.01. The molecule has 2 aromatic heterocycles. The lowest BCUT2D eigenvalue weighted by atomic mass is 9.96. The number of piperidine rings is 1. The molecule has 132 valence electrons. The van der Waals surface area contributed by atoms with Gasteiger partial charge in [-0.1, -0.05) is 0 Å². The number of aromatic nitrogens is 4. The number of amides is 1. The Morgan fingerprint density at radius 1 is 1.08 bits per heavy atom. The predicted molar refractivity (Wildman–Crippen MR) is 93.9 cm³/mol. The molecule has 7 nitrogen and oxygen atoms in total. The van der Waals surface area contributed by atoms with Crippen LogP contribution in [0.15, 0.2) is 36.9 Å². The van der Waals surface area contributed by atoms with Crippen molar-refractivity contribution in [2.45, 2.75) is 38.3 Å². The Morgan fingerprint density at radius 3 is 2.72 bits per heavy atom. The minimum absolute atomic E-state index is 0.0378. The molecule has 0 N–H and O–H groups in total. The molecule has 2 atom stereocenters. The van der Waals surface area contributed by atoms with Crippen molar-refractivity contribution in [2.75, 3.05) is 24.5 Å². The van der Waals surface area contributed by atoms with Crippen molar-refractivity contribution in [1.82, 2.24) is 24.6 Å². The second-order valence-electron chi connectivity index (χ2n) is 6.89. The molecular formula is C18H24N6O. The van der Waals surface area contributed by atoms with Gasteiger partial charge in [0.05, 0.1) is 18.5 Å². The van der Waals surface area contributed by atoms with Gasteiger partial charge < -0.3 is 9.80 Å². The van der Waals surface area contributed by atoms with Crippen LogP contribution < -0.4 is 4.90 Å². The molecule has 2 aromatic rings. The molecule has 4 rings (SSSR count). The Bertz CT molecular complexity index is 689. The third-order valence-electron chi connectivity index (χ3n) is 5.22. The molecule has 2 saturated heterocycles. The third kappa shape index (κ3) is 3.50. The summed E-state index contributed by atoms with van der Waals surface area (Å²) in [6.45, 7) is 3.29. The molecule has 0 saturated carbocycles. The number of carbonyl (C=O) groups excluding carboxylic acids is 1. The van der Waals surface area contributed by atoms with Crippen LogP contribution in [0.25, 0.3) is 0 Å². The first-order chi connectivity index (χ1) is 12.3. The van der Waals surface area contributed by atoms with Gasteiger partial charge in [0, 0.05) is 44.4 Å². The summed E-state index contributed by atoms with van der Waals surface area (Å²) in [7, 11) is 0. The number of nitrogens with zero attached hydrogens (tertiary/aromatic N) is 6. The van der Waals surface area contributed by atoms with Crippen LogP contribution in [-0.2, 0) is 11.3 Å². The van der Waals surface area contributed by atoms with E-state index in [-0.39, 0.29) is 17.9 Å². The number of anilines is 1. The summed E-state index contributed by atoms with van der Waals surface area (Å²) in [5.74, 6) is 1.06. The zero-order chi connectivity index (χ0) is 17.1. The van der Waals surface area contributed by atoms with E-state index in [0.717, 1.165) is 51.3 Å². The first-order valence-corrected chi connectivity index (χ1v) is 9.11. The highest BCUT2D eigenvalue weighted by Gasteiger charge is 2.35. The highest BCUT2D eigenvalue weighted by molar-refractivity contribution is 5.80. The second-order valence-corrected chi connectivity index (χ2v) is 6.89. The van der Waals surface area contributed by atoms with Crippen molar-refractivity contribution in [1.29, 1.82) is 0 Å². The second kappa shape index (κ2) is 7.21. The topological polar surface area (TPSA) is 67.2 Å². The highest BCUT2D eigenvalue weighted by atomic mass is 16.2. The summed E-state index contributed by atoms with van der Waals surface area (Å²) >= 11 is 0. The molecule has 0 spiro atoms. The van der Waals surface area contributed by atoms with Crippen LogP contribution in [0.1, 0.15) is 25.7 Å². The van der Waals surface area contributed by atoms with Crippen LogP contribution in [0, 0.1) is 5.92 Å². The lowest BCUT2D eigenvalue weighted by molar-refractivity contribution is -0.136. The normalized spacial score (nSPS) is 23.8. The largest absolute Gasteiger partial charge is 0.340 e. The maximum Gasteiger partial charge on any atom is 0.227 e. The maximum absolute atomic E-state index is 13.1. The van der Waals surface area contributed by atoms with E-state index in [9.17, 15) is 4.79 Å². The SMILES string of the molecule is O=C([C@@H]1CCCN(c2ncccn2)C1)N1CCC[C@H]1Cn1cccn1. The van der Waals surface area contributed by atoms with Gasteiger partial charge in [-0.05, 0) is 37.8 Å². The summed E-state index contributed by atoms with van der Waals surface area (Å²) < 4.78 is 1.93. The molecule has 2 fully saturated rings. The number of hydrogen-bond donors (Lipinski definition) is 0. The molecule has 2 aliphatic rings. The van der Waals surface area contributed by atoms with E-state index in [1.54, 1.807) is 18.6 Å². The molecule has 2 aliphatic heterocycles. The smallest absolute Gasteiger partial charge is 0.227 e. The van der Waals surface area contributed by atoms with Crippen LogP contribution in [0.2, 0.25) is 0 Å². The average molecular weight is 340 g/mol. The Labute approximate surface area is 147 Å². The van der Waals surface area contributed by atoms with Gasteiger partial charge in [0.2, 0.25) is 11.9 Å². The van der Waals surface area contributed by atoms with Gasteiger partial charge in [-0.15, -0.1) is 0 Å². The first kappa shape index (κ1) is 16.1. The number of rotatable bonds is 4. The lowest BCUT2D eigenvalue weighted by Gasteiger charge is -2.35. The number of hydrogen-bond acceptors (Lipinski definition) is 5. The average Bonchev–Trinajstić information content (AvgIpc) is 3.34. The summed E-state index contributed by atoms with van der Waals surface area (Å²) in [5, 5.41) is 4.29. The highest BCUT2D eigenvalue weighted by Crippen LogP contribution is 2.26. The fraction of sp³-hybridized carbons (Fsp3) is 0.556. The molecular weight excluding hydrogens is 316 g/mol. The van der Waals surface area contributed by atoms with Crippen LogP contribution in [0.4, 0.5) is 5.95 Å². The summed E-state index contributed by atoms with van der Waals surface area (Å²) in [4.78, 5) is 26.0. The van der Waals surface area contributed by atoms with Crippen LogP contribution in [0.3, 0.4) is 0 Å². The van der Waals surface area contributed by atoms with Crippen LogP contribution in [-0.4, -0.2) is 56.2 Å². The Kier molecular flexibility index (Phi) is 4.63. The molecule has 1 amide bonds. The van der Waals surface area contributed by atoms with Gasteiger partial charge in [-0.25, -0.2) is 9.97 Å². The van der Waals surface area contributed by atoms with E-state index in [0.29, 0.717) is 6.54 Å². The Morgan fingerprint density at radius 2 is 1.92 bits per heavy atom. The quantitative estimate of drug-likeness (QED) is 0.845. The Hall–Kier alpha value is -2.44. The number of carbonyl (C=O) groups is 1. The minimum atomic E-state index is 0.0378. The molecule has 0 aliphatic carbocycles. The van der Waals surface area contributed by atoms with Crippen molar-refractivity contribution < 1.29 is 4.79 Å². The first-order valence-electron chi connectivity index (χ1n) is 9.11. The maximum atomic E-state index is 13.1. The summed E-state index contributed by atoms with van der Waals surface area (Å²) in [5.41, 5.74) is 0. The molecule has 0 aromatic carbocycles. The molecule has 0 unspecified atom stereocenters. The molecule has 4 heterocycles. The van der Waals surface area contributed by atoms with Crippen molar-refractivity contribution in [3.63, 3.8) is 0 Å². The molecule has 0 radical (unpaired) electrons. The standard InChI is InChI=1S/C18H24N6O/c25-17(24-12-2-6-16(24)14-23-11-4-9-21-23)15-5-1-10-22(13-15)18-19-7-3-8-20-18/h3-4,7-9,11,15-16H,1-2,5-6,10,12-14H2/t15-,16+/m1/s1. The van der Waals surface area contributed by atoms with Gasteiger partial charge in [-0.2, -0.15) is 5.10 Å². The van der Waals surface area contributed by atoms with Crippen molar-refractivity contribution in [3.05, 3.63) is 36.9 Å². The fourth-order valence-electron chi connectivity index (χ4n) is 3.99. The lowest BCUT2D eigenvalue weighted by Crippen LogP contribution is -2.47. The molecule has 0 bridgehead atoms. The van der Waals surface area contributed by atoms with Gasteiger partial charge in [0.25, 0.3) is 0 Å².